The first-order valence-electron chi connectivity index (χ1n) is 4.01. The molecule has 1 unspecified atom stereocenters. The Bertz CT molecular complexity index is 158. The molecule has 4 nitrogen and oxygen atoms in total. The first-order chi connectivity index (χ1) is 5.65. The number of rotatable bonds is 6. The predicted molar refractivity (Wildman–Crippen MR) is 44.9 cm³/mol. The molecular formula is C8H15NO3. The molecule has 0 aliphatic heterocycles. The molecule has 4 heteroatoms. The van der Waals surface area contributed by atoms with Crippen molar-refractivity contribution < 1.29 is 14.7 Å². The van der Waals surface area contributed by atoms with Crippen LogP contribution >= 0.6 is 0 Å². The van der Waals surface area contributed by atoms with Crippen LogP contribution in [-0.4, -0.2) is 30.5 Å². The number of hydrogen-bond acceptors (Lipinski definition) is 3. The van der Waals surface area contributed by atoms with Gasteiger partial charge in [0.15, 0.2) is 0 Å². The van der Waals surface area contributed by atoms with Gasteiger partial charge in [0, 0.05) is 5.92 Å². The minimum absolute atomic E-state index is 0.154. The highest BCUT2D eigenvalue weighted by atomic mass is 16.4. The highest BCUT2D eigenvalue weighted by Gasteiger charge is 2.18. The SMILES string of the molecule is CCC(C=O)C[C@@H](NC)C(=O)O. The maximum absolute atomic E-state index is 10.5. The van der Waals surface area contributed by atoms with Crippen LogP contribution in [-0.2, 0) is 9.59 Å². The number of aldehydes is 1. The van der Waals surface area contributed by atoms with Gasteiger partial charge in [0.2, 0.25) is 0 Å². The molecule has 0 aromatic heterocycles. The van der Waals surface area contributed by atoms with Crippen LogP contribution in [0.2, 0.25) is 0 Å². The standard InChI is InChI=1S/C8H15NO3/c1-3-6(5-10)4-7(9-2)8(11)12/h5-7,9H,3-4H2,1-2H3,(H,11,12)/t6?,7-/m1/s1. The van der Waals surface area contributed by atoms with Crippen molar-refractivity contribution in [2.24, 2.45) is 5.92 Å². The van der Waals surface area contributed by atoms with Crippen molar-refractivity contribution in [1.82, 2.24) is 5.32 Å². The normalized spacial score (nSPS) is 15.2. The highest BCUT2D eigenvalue weighted by Crippen LogP contribution is 2.07. The van der Waals surface area contributed by atoms with Crippen LogP contribution < -0.4 is 5.32 Å². The molecule has 0 aromatic carbocycles. The Morgan fingerprint density at radius 3 is 2.50 bits per heavy atom. The van der Waals surface area contributed by atoms with Crippen LogP contribution in [0.4, 0.5) is 0 Å². The molecule has 0 aliphatic rings. The Balaban J connectivity index is 3.99. The Morgan fingerprint density at radius 1 is 1.67 bits per heavy atom. The fourth-order valence-corrected chi connectivity index (χ4v) is 0.963. The van der Waals surface area contributed by atoms with Gasteiger partial charge < -0.3 is 15.2 Å². The third-order valence-corrected chi connectivity index (χ3v) is 1.90. The van der Waals surface area contributed by atoms with Crippen LogP contribution in [0, 0.1) is 5.92 Å². The molecule has 12 heavy (non-hydrogen) atoms. The number of likely N-dealkylation sites (N-methyl/N-ethyl adjacent to an activating group) is 1. The van der Waals surface area contributed by atoms with Crippen molar-refractivity contribution in [2.75, 3.05) is 7.05 Å². The third-order valence-electron chi connectivity index (χ3n) is 1.90. The molecule has 0 amide bonds. The van der Waals surface area contributed by atoms with Crippen molar-refractivity contribution >= 4 is 12.3 Å². The summed E-state index contributed by atoms with van der Waals surface area (Å²) in [5, 5.41) is 11.3. The van der Waals surface area contributed by atoms with Gasteiger partial charge in [-0.05, 0) is 19.9 Å². The lowest BCUT2D eigenvalue weighted by atomic mass is 9.99. The summed E-state index contributed by atoms with van der Waals surface area (Å²) < 4.78 is 0. The Kier molecular flexibility index (Phi) is 5.28. The predicted octanol–water partition coefficient (Wildman–Crippen LogP) is 0.274. The van der Waals surface area contributed by atoms with Gasteiger partial charge >= 0.3 is 5.97 Å². The summed E-state index contributed by atoms with van der Waals surface area (Å²) in [4.78, 5) is 20.9. The van der Waals surface area contributed by atoms with Gasteiger partial charge in [0.1, 0.15) is 12.3 Å². The summed E-state index contributed by atoms with van der Waals surface area (Å²) in [6, 6.07) is -0.611. The summed E-state index contributed by atoms with van der Waals surface area (Å²) in [6.45, 7) is 1.87. The molecule has 2 N–H and O–H groups in total. The van der Waals surface area contributed by atoms with E-state index in [1.807, 2.05) is 6.92 Å². The second-order valence-corrected chi connectivity index (χ2v) is 2.72. The van der Waals surface area contributed by atoms with E-state index in [0.717, 1.165) is 6.29 Å². The number of carboxylic acids is 1. The summed E-state index contributed by atoms with van der Waals surface area (Å²) >= 11 is 0. The molecule has 0 saturated heterocycles. The molecule has 0 bridgehead atoms. The van der Waals surface area contributed by atoms with E-state index in [1.165, 1.54) is 0 Å². The average Bonchev–Trinajstić information content (AvgIpc) is 2.06. The maximum atomic E-state index is 10.5. The van der Waals surface area contributed by atoms with Crippen LogP contribution in [0.1, 0.15) is 19.8 Å². The number of nitrogens with one attached hydrogen (secondary N) is 1. The summed E-state index contributed by atoms with van der Waals surface area (Å²) in [7, 11) is 1.58. The Morgan fingerprint density at radius 2 is 2.25 bits per heavy atom. The topological polar surface area (TPSA) is 66.4 Å². The molecule has 0 spiro atoms. The minimum atomic E-state index is -0.905. The van der Waals surface area contributed by atoms with E-state index in [4.69, 9.17) is 5.11 Å². The minimum Gasteiger partial charge on any atom is -0.480 e. The third kappa shape index (κ3) is 3.48. The molecule has 0 radical (unpaired) electrons. The van der Waals surface area contributed by atoms with Crippen LogP contribution in [0.15, 0.2) is 0 Å². The zero-order valence-electron chi connectivity index (χ0n) is 7.41. The van der Waals surface area contributed by atoms with Crippen LogP contribution in [0.5, 0.6) is 0 Å². The first kappa shape index (κ1) is 11.1. The molecule has 0 heterocycles. The van der Waals surface area contributed by atoms with E-state index in [2.05, 4.69) is 5.32 Å². The van der Waals surface area contributed by atoms with Gasteiger partial charge in [-0.1, -0.05) is 6.92 Å². The molecule has 0 aromatic rings. The van der Waals surface area contributed by atoms with Gasteiger partial charge in [-0.15, -0.1) is 0 Å². The van der Waals surface area contributed by atoms with Crippen molar-refractivity contribution in [3.05, 3.63) is 0 Å². The van der Waals surface area contributed by atoms with Gasteiger partial charge in [-0.2, -0.15) is 0 Å². The maximum Gasteiger partial charge on any atom is 0.320 e. The number of carboxylic acid groups (broad SMARTS) is 1. The van der Waals surface area contributed by atoms with E-state index in [-0.39, 0.29) is 5.92 Å². The highest BCUT2D eigenvalue weighted by molar-refractivity contribution is 5.74. The lowest BCUT2D eigenvalue weighted by Gasteiger charge is -2.13. The molecule has 0 rings (SSSR count). The average molecular weight is 173 g/mol. The van der Waals surface area contributed by atoms with E-state index >= 15 is 0 Å². The fraction of sp³-hybridized carbons (Fsp3) is 0.750. The monoisotopic (exact) mass is 173 g/mol. The second kappa shape index (κ2) is 5.71. The zero-order chi connectivity index (χ0) is 9.56. The summed E-state index contributed by atoms with van der Waals surface area (Å²) in [6.07, 6.45) is 1.87. The first-order valence-corrected chi connectivity index (χ1v) is 4.01. The van der Waals surface area contributed by atoms with Crippen LogP contribution in [0.3, 0.4) is 0 Å². The van der Waals surface area contributed by atoms with Crippen molar-refractivity contribution in [1.29, 1.82) is 0 Å². The number of aliphatic carboxylic acids is 1. The van der Waals surface area contributed by atoms with E-state index < -0.39 is 12.0 Å². The quantitative estimate of drug-likeness (QED) is 0.566. The Hall–Kier alpha value is -0.900. The van der Waals surface area contributed by atoms with Crippen molar-refractivity contribution in [3.63, 3.8) is 0 Å². The molecule has 0 aliphatic carbocycles. The molecular weight excluding hydrogens is 158 g/mol. The van der Waals surface area contributed by atoms with Gasteiger partial charge in [0.25, 0.3) is 0 Å². The summed E-state index contributed by atoms with van der Waals surface area (Å²) in [5.74, 6) is -1.06. The fourth-order valence-electron chi connectivity index (χ4n) is 0.963. The second-order valence-electron chi connectivity index (χ2n) is 2.72. The van der Waals surface area contributed by atoms with Crippen molar-refractivity contribution in [3.8, 4) is 0 Å². The van der Waals surface area contributed by atoms with Gasteiger partial charge in [0.05, 0.1) is 0 Å². The van der Waals surface area contributed by atoms with Crippen molar-refractivity contribution in [2.45, 2.75) is 25.8 Å². The van der Waals surface area contributed by atoms with Crippen LogP contribution in [0.25, 0.3) is 0 Å². The zero-order valence-corrected chi connectivity index (χ0v) is 7.41. The lowest BCUT2D eigenvalue weighted by molar-refractivity contribution is -0.139. The number of hydrogen-bond donors (Lipinski definition) is 2. The summed E-state index contributed by atoms with van der Waals surface area (Å²) in [5.41, 5.74) is 0. The van der Waals surface area contributed by atoms with E-state index in [0.29, 0.717) is 12.8 Å². The lowest BCUT2D eigenvalue weighted by Crippen LogP contribution is -2.35. The Labute approximate surface area is 72.0 Å². The van der Waals surface area contributed by atoms with Gasteiger partial charge in [-0.3, -0.25) is 4.79 Å². The van der Waals surface area contributed by atoms with Gasteiger partial charge in [-0.25, -0.2) is 0 Å². The number of carbonyl (C=O) groups is 2. The number of carbonyl (C=O) groups excluding carboxylic acids is 1. The molecule has 70 valence electrons. The van der Waals surface area contributed by atoms with E-state index in [1.54, 1.807) is 7.05 Å². The largest absolute Gasteiger partial charge is 0.480 e. The smallest absolute Gasteiger partial charge is 0.320 e. The molecule has 0 fully saturated rings. The van der Waals surface area contributed by atoms with E-state index in [9.17, 15) is 9.59 Å². The molecule has 2 atom stereocenters. The molecule has 0 saturated carbocycles.